The highest BCUT2D eigenvalue weighted by molar-refractivity contribution is 5.82. The topological polar surface area (TPSA) is 76.7 Å². The van der Waals surface area contributed by atoms with Crippen LogP contribution < -0.4 is 20.3 Å². The Morgan fingerprint density at radius 2 is 0.917 bits per heavy atom. The van der Waals surface area contributed by atoms with E-state index in [9.17, 15) is 9.59 Å². The van der Waals surface area contributed by atoms with Gasteiger partial charge in [-0.1, -0.05) is 24.3 Å². The van der Waals surface area contributed by atoms with Crippen LogP contribution in [0.15, 0.2) is 72.8 Å². The van der Waals surface area contributed by atoms with Gasteiger partial charge in [0.1, 0.15) is 11.5 Å². The minimum absolute atomic E-state index is 0.315. The molecule has 0 spiro atoms. The lowest BCUT2D eigenvalue weighted by atomic mass is 10.1. The van der Waals surface area contributed by atoms with Crippen LogP contribution in [-0.4, -0.2) is 11.9 Å². The Balaban J connectivity index is 1.15. The smallest absolute Gasteiger partial charge is 0.308 e. The second-order valence-electron chi connectivity index (χ2n) is 9.17. The maximum absolute atomic E-state index is 11.3. The number of hydrazine groups is 1. The van der Waals surface area contributed by atoms with Crippen LogP contribution in [0.1, 0.15) is 36.1 Å². The van der Waals surface area contributed by atoms with Gasteiger partial charge in [0, 0.05) is 13.8 Å². The van der Waals surface area contributed by atoms with Crippen molar-refractivity contribution in [3.63, 3.8) is 0 Å². The van der Waals surface area contributed by atoms with Gasteiger partial charge in [-0.15, -0.1) is 0 Å². The highest BCUT2D eigenvalue weighted by atomic mass is 16.5. The molecule has 2 N–H and O–H groups in total. The van der Waals surface area contributed by atoms with Crippen LogP contribution in [-0.2, 0) is 22.4 Å². The Morgan fingerprint density at radius 3 is 1.31 bits per heavy atom. The molecule has 6 nitrogen and oxygen atoms in total. The number of carbonyl (C=O) groups excluding carboxylic acids is 2. The van der Waals surface area contributed by atoms with Crippen molar-refractivity contribution in [3.05, 3.63) is 95.1 Å². The summed E-state index contributed by atoms with van der Waals surface area (Å²) in [7, 11) is 0. The number of esters is 2. The molecule has 0 heterocycles. The third-order valence-corrected chi connectivity index (χ3v) is 6.58. The van der Waals surface area contributed by atoms with Gasteiger partial charge in [-0.2, -0.15) is 0 Å². The summed E-state index contributed by atoms with van der Waals surface area (Å²) >= 11 is 0. The molecule has 0 fully saturated rings. The fraction of sp³-hybridized carbons (Fsp3) is 0.133. The molecule has 178 valence electrons. The zero-order valence-electron chi connectivity index (χ0n) is 20.0. The lowest BCUT2D eigenvalue weighted by Gasteiger charge is -2.12. The summed E-state index contributed by atoms with van der Waals surface area (Å²) in [4.78, 5) is 22.6. The monoisotopic (exact) mass is 476 g/mol. The Hall–Kier alpha value is -4.58. The van der Waals surface area contributed by atoms with Crippen molar-refractivity contribution in [2.24, 2.45) is 0 Å². The molecule has 0 aliphatic heterocycles. The quantitative estimate of drug-likeness (QED) is 0.177. The van der Waals surface area contributed by atoms with Crippen molar-refractivity contribution in [1.29, 1.82) is 0 Å². The molecule has 0 radical (unpaired) electrons. The fourth-order valence-corrected chi connectivity index (χ4v) is 5.13. The van der Waals surface area contributed by atoms with Gasteiger partial charge < -0.3 is 20.3 Å². The first kappa shape index (κ1) is 21.9. The molecule has 0 aromatic heterocycles. The van der Waals surface area contributed by atoms with Gasteiger partial charge in [-0.05, 0) is 106 Å². The van der Waals surface area contributed by atoms with Crippen molar-refractivity contribution in [2.45, 2.75) is 26.7 Å². The second kappa shape index (κ2) is 8.57. The van der Waals surface area contributed by atoms with Crippen molar-refractivity contribution < 1.29 is 19.1 Å². The van der Waals surface area contributed by atoms with Crippen LogP contribution in [0.3, 0.4) is 0 Å². The number of nitrogens with one attached hydrogen (secondary N) is 2. The maximum Gasteiger partial charge on any atom is 0.308 e. The average Bonchev–Trinajstić information content (AvgIpc) is 3.38. The van der Waals surface area contributed by atoms with Gasteiger partial charge in [0.2, 0.25) is 0 Å². The van der Waals surface area contributed by atoms with Gasteiger partial charge in [0.15, 0.2) is 0 Å². The van der Waals surface area contributed by atoms with Crippen LogP contribution in [0.4, 0.5) is 11.4 Å². The molecule has 6 heteroatoms. The van der Waals surface area contributed by atoms with E-state index < -0.39 is 0 Å². The van der Waals surface area contributed by atoms with Crippen molar-refractivity contribution >= 4 is 23.3 Å². The SMILES string of the molecule is CC(=O)Oc1ccc2c(c1)Cc1cc(NNc3ccc4c(c3)Cc3cc(OC(C)=O)ccc3-4)ccc1-2. The lowest BCUT2D eigenvalue weighted by Crippen LogP contribution is -2.09. The van der Waals surface area contributed by atoms with E-state index in [-0.39, 0.29) is 11.9 Å². The zero-order chi connectivity index (χ0) is 24.8. The standard InChI is InChI=1S/C30H24N2O4/c1-17(33)35-25-5-9-29-21(15-25)11-19-13-23(3-7-27(19)29)31-32-24-4-8-28-20(14-24)12-22-16-26(36-18(2)34)6-10-30(22)28/h3-10,13-16,31-32H,11-12H2,1-2H3. The van der Waals surface area contributed by atoms with Crippen LogP contribution in [0, 0.1) is 0 Å². The van der Waals surface area contributed by atoms with Crippen LogP contribution in [0.5, 0.6) is 11.5 Å². The summed E-state index contributed by atoms with van der Waals surface area (Å²) in [6.07, 6.45) is 1.59. The summed E-state index contributed by atoms with van der Waals surface area (Å²) in [5, 5.41) is 0. The first-order valence-corrected chi connectivity index (χ1v) is 11.8. The molecule has 2 aliphatic carbocycles. The van der Waals surface area contributed by atoms with Crippen molar-refractivity contribution in [3.8, 4) is 33.8 Å². The third-order valence-electron chi connectivity index (χ3n) is 6.58. The van der Waals surface area contributed by atoms with E-state index in [0.717, 1.165) is 35.3 Å². The predicted octanol–water partition coefficient (Wildman–Crippen LogP) is 6.12. The number of hydrogen-bond donors (Lipinski definition) is 2. The van der Waals surface area contributed by atoms with Crippen LogP contribution in [0.25, 0.3) is 22.3 Å². The van der Waals surface area contributed by atoms with E-state index in [0.29, 0.717) is 11.5 Å². The van der Waals surface area contributed by atoms with E-state index >= 15 is 0 Å². The van der Waals surface area contributed by atoms with Crippen molar-refractivity contribution in [2.75, 3.05) is 10.9 Å². The third kappa shape index (κ3) is 4.07. The summed E-state index contributed by atoms with van der Waals surface area (Å²) in [5.41, 5.74) is 18.1. The maximum atomic E-state index is 11.3. The van der Waals surface area contributed by atoms with E-state index in [1.54, 1.807) is 0 Å². The molecular formula is C30H24N2O4. The summed E-state index contributed by atoms with van der Waals surface area (Å²) in [5.74, 6) is 0.529. The Bertz CT molecular complexity index is 1440. The normalized spacial score (nSPS) is 12.2. The molecule has 0 unspecified atom stereocenters. The molecule has 2 aliphatic rings. The Morgan fingerprint density at radius 1 is 0.556 bits per heavy atom. The molecule has 36 heavy (non-hydrogen) atoms. The van der Waals surface area contributed by atoms with E-state index in [2.05, 4.69) is 47.2 Å². The number of hydrogen-bond acceptors (Lipinski definition) is 6. The molecule has 4 aromatic rings. The number of rotatable bonds is 5. The van der Waals surface area contributed by atoms with Gasteiger partial charge in [-0.25, -0.2) is 0 Å². The molecule has 6 rings (SSSR count). The minimum Gasteiger partial charge on any atom is -0.427 e. The summed E-state index contributed by atoms with van der Waals surface area (Å²) in [6.45, 7) is 2.82. The molecule has 4 aromatic carbocycles. The van der Waals surface area contributed by atoms with E-state index in [1.807, 2.05) is 36.4 Å². The highest BCUT2D eigenvalue weighted by Gasteiger charge is 2.21. The Kier molecular flexibility index (Phi) is 5.22. The fourth-order valence-electron chi connectivity index (χ4n) is 5.13. The zero-order valence-corrected chi connectivity index (χ0v) is 20.0. The molecule has 0 bridgehead atoms. The van der Waals surface area contributed by atoms with Crippen LogP contribution in [0.2, 0.25) is 0 Å². The average molecular weight is 477 g/mol. The second-order valence-corrected chi connectivity index (χ2v) is 9.17. The number of anilines is 2. The minimum atomic E-state index is -0.315. The number of carbonyl (C=O) groups is 2. The van der Waals surface area contributed by atoms with Gasteiger partial charge in [0.25, 0.3) is 0 Å². The van der Waals surface area contributed by atoms with E-state index in [1.165, 1.54) is 47.2 Å². The van der Waals surface area contributed by atoms with Gasteiger partial charge >= 0.3 is 11.9 Å². The summed E-state index contributed by atoms with van der Waals surface area (Å²) < 4.78 is 10.5. The van der Waals surface area contributed by atoms with Gasteiger partial charge in [-0.3, -0.25) is 9.59 Å². The number of benzene rings is 4. The van der Waals surface area contributed by atoms with Crippen molar-refractivity contribution in [1.82, 2.24) is 0 Å². The number of ether oxygens (including phenoxy) is 2. The largest absolute Gasteiger partial charge is 0.427 e. The van der Waals surface area contributed by atoms with Gasteiger partial charge in [0.05, 0.1) is 11.4 Å². The highest BCUT2D eigenvalue weighted by Crippen LogP contribution is 2.41. The molecular weight excluding hydrogens is 452 g/mol. The first-order chi connectivity index (χ1) is 17.4. The molecule has 0 saturated carbocycles. The lowest BCUT2D eigenvalue weighted by molar-refractivity contribution is -0.132. The molecule has 0 atom stereocenters. The molecule has 0 amide bonds. The predicted molar refractivity (Wildman–Crippen MR) is 139 cm³/mol. The number of fused-ring (bicyclic) bond motifs is 6. The van der Waals surface area contributed by atoms with E-state index in [4.69, 9.17) is 9.47 Å². The van der Waals surface area contributed by atoms with Crippen LogP contribution >= 0.6 is 0 Å². The molecule has 0 saturated heterocycles. The Labute approximate surface area is 208 Å². The first-order valence-electron chi connectivity index (χ1n) is 11.8. The summed E-state index contributed by atoms with van der Waals surface area (Å²) in [6, 6.07) is 24.2.